The number of likely N-dealkylation sites (tertiary alicyclic amines) is 2. The first kappa shape index (κ1) is 17.2. The average molecular weight is 304 g/mol. The van der Waals surface area contributed by atoms with Gasteiger partial charge in [0.05, 0.1) is 6.54 Å². The smallest absolute Gasteiger partial charge is 0.242 e. The Morgan fingerprint density at radius 2 is 1.90 bits per heavy atom. The van der Waals surface area contributed by atoms with Crippen LogP contribution in [0.15, 0.2) is 0 Å². The van der Waals surface area contributed by atoms with Crippen LogP contribution in [0.25, 0.3) is 0 Å². The quantitative estimate of drug-likeness (QED) is 0.850. The van der Waals surface area contributed by atoms with Gasteiger partial charge in [-0.25, -0.2) is 0 Å². The van der Waals surface area contributed by atoms with Crippen LogP contribution in [0.1, 0.15) is 44.9 Å². The molecule has 6 heteroatoms. The van der Waals surface area contributed by atoms with Crippen LogP contribution >= 0.6 is 12.4 Å². The minimum absolute atomic E-state index is 0. The highest BCUT2D eigenvalue weighted by molar-refractivity contribution is 5.85. The van der Waals surface area contributed by atoms with E-state index in [1.54, 1.807) is 4.90 Å². The number of hydrogen-bond acceptors (Lipinski definition) is 3. The van der Waals surface area contributed by atoms with Crippen molar-refractivity contribution in [2.75, 3.05) is 26.2 Å². The van der Waals surface area contributed by atoms with Crippen molar-refractivity contribution in [3.8, 4) is 0 Å². The van der Waals surface area contributed by atoms with Gasteiger partial charge in [0.25, 0.3) is 0 Å². The number of rotatable bonds is 3. The van der Waals surface area contributed by atoms with Crippen molar-refractivity contribution in [1.29, 1.82) is 0 Å². The summed E-state index contributed by atoms with van der Waals surface area (Å²) in [5.74, 6) is 0.206. The van der Waals surface area contributed by atoms with Crippen LogP contribution in [0.3, 0.4) is 0 Å². The van der Waals surface area contributed by atoms with E-state index in [0.29, 0.717) is 13.0 Å². The summed E-state index contributed by atoms with van der Waals surface area (Å²) in [6.45, 7) is 2.30. The molecular weight excluding hydrogens is 278 g/mol. The van der Waals surface area contributed by atoms with Gasteiger partial charge >= 0.3 is 0 Å². The number of carbonyl (C=O) groups is 2. The summed E-state index contributed by atoms with van der Waals surface area (Å²) in [5.41, 5.74) is 5.74. The summed E-state index contributed by atoms with van der Waals surface area (Å²) in [7, 11) is 0. The van der Waals surface area contributed by atoms with E-state index in [4.69, 9.17) is 5.73 Å². The molecule has 2 rings (SSSR count). The molecule has 2 heterocycles. The van der Waals surface area contributed by atoms with E-state index in [2.05, 4.69) is 0 Å². The van der Waals surface area contributed by atoms with Crippen molar-refractivity contribution < 1.29 is 9.59 Å². The summed E-state index contributed by atoms with van der Waals surface area (Å²) in [6, 6.07) is 0.170. The van der Waals surface area contributed by atoms with Gasteiger partial charge in [-0.15, -0.1) is 12.4 Å². The summed E-state index contributed by atoms with van der Waals surface area (Å²) < 4.78 is 0. The Morgan fingerprint density at radius 1 is 1.15 bits per heavy atom. The van der Waals surface area contributed by atoms with Crippen LogP contribution in [-0.2, 0) is 9.59 Å². The number of nitrogens with zero attached hydrogens (tertiary/aromatic N) is 2. The lowest BCUT2D eigenvalue weighted by molar-refractivity contribution is -0.142. The minimum atomic E-state index is 0. The molecule has 0 aromatic rings. The molecule has 0 bridgehead atoms. The molecular formula is C14H26ClN3O2. The molecule has 20 heavy (non-hydrogen) atoms. The molecule has 2 aliphatic heterocycles. The van der Waals surface area contributed by atoms with Gasteiger partial charge < -0.3 is 15.5 Å². The molecule has 1 unspecified atom stereocenters. The van der Waals surface area contributed by atoms with Crippen LogP contribution in [0.4, 0.5) is 0 Å². The third kappa shape index (κ3) is 4.35. The van der Waals surface area contributed by atoms with E-state index < -0.39 is 0 Å². The second-order valence-corrected chi connectivity index (χ2v) is 5.60. The lowest BCUT2D eigenvalue weighted by Gasteiger charge is -2.36. The molecule has 2 fully saturated rings. The fourth-order valence-corrected chi connectivity index (χ4v) is 3.03. The molecule has 0 aromatic heterocycles. The molecule has 116 valence electrons. The van der Waals surface area contributed by atoms with Crippen molar-refractivity contribution in [3.63, 3.8) is 0 Å². The molecule has 2 aliphatic rings. The van der Waals surface area contributed by atoms with Crippen LogP contribution < -0.4 is 5.73 Å². The Bertz CT molecular complexity index is 338. The lowest BCUT2D eigenvalue weighted by atomic mass is 10.0. The van der Waals surface area contributed by atoms with Gasteiger partial charge in [-0.2, -0.15) is 0 Å². The maximum absolute atomic E-state index is 12.4. The zero-order valence-electron chi connectivity index (χ0n) is 12.1. The standard InChI is InChI=1S/C14H25N3O2.ClH/c15-10-12-6-3-5-9-17(12)14(19)11-16-8-4-1-2-7-13(16)18;/h12H,1-11,15H2;1H. The summed E-state index contributed by atoms with van der Waals surface area (Å²) in [4.78, 5) is 27.9. The topological polar surface area (TPSA) is 66.6 Å². The number of carbonyl (C=O) groups excluding carboxylic acids is 2. The third-order valence-corrected chi connectivity index (χ3v) is 4.22. The van der Waals surface area contributed by atoms with E-state index in [-0.39, 0.29) is 36.8 Å². The first-order valence-electron chi connectivity index (χ1n) is 7.49. The molecule has 0 spiro atoms. The monoisotopic (exact) mass is 303 g/mol. The van der Waals surface area contributed by atoms with Gasteiger partial charge in [0.1, 0.15) is 0 Å². The number of piperidine rings is 1. The molecule has 0 saturated carbocycles. The van der Waals surface area contributed by atoms with Gasteiger partial charge in [-0.3, -0.25) is 9.59 Å². The SMILES string of the molecule is Cl.NCC1CCCCN1C(=O)CN1CCCCCC1=O. The van der Waals surface area contributed by atoms with Crippen LogP contribution in [0.2, 0.25) is 0 Å². The number of amides is 2. The van der Waals surface area contributed by atoms with E-state index in [1.807, 2.05) is 4.90 Å². The highest BCUT2D eigenvalue weighted by Gasteiger charge is 2.28. The Labute approximate surface area is 127 Å². The predicted octanol–water partition coefficient (Wildman–Crippen LogP) is 1.15. The molecule has 2 saturated heterocycles. The van der Waals surface area contributed by atoms with E-state index in [9.17, 15) is 9.59 Å². The maximum atomic E-state index is 12.4. The number of nitrogens with two attached hydrogens (primary N) is 1. The molecule has 2 N–H and O–H groups in total. The lowest BCUT2D eigenvalue weighted by Crippen LogP contribution is -2.51. The zero-order valence-corrected chi connectivity index (χ0v) is 12.9. The highest BCUT2D eigenvalue weighted by Crippen LogP contribution is 2.17. The molecule has 0 aliphatic carbocycles. The summed E-state index contributed by atoms with van der Waals surface area (Å²) >= 11 is 0. The maximum Gasteiger partial charge on any atom is 0.242 e. The zero-order chi connectivity index (χ0) is 13.7. The van der Waals surface area contributed by atoms with Gasteiger partial charge in [-0.1, -0.05) is 6.42 Å². The first-order valence-corrected chi connectivity index (χ1v) is 7.49. The van der Waals surface area contributed by atoms with E-state index >= 15 is 0 Å². The van der Waals surface area contributed by atoms with Gasteiger partial charge in [0, 0.05) is 32.1 Å². The van der Waals surface area contributed by atoms with Crippen molar-refractivity contribution in [2.45, 2.75) is 51.0 Å². The second kappa shape index (κ2) is 8.47. The van der Waals surface area contributed by atoms with Crippen molar-refractivity contribution in [1.82, 2.24) is 9.80 Å². The fourth-order valence-electron chi connectivity index (χ4n) is 3.03. The van der Waals surface area contributed by atoms with E-state index in [0.717, 1.165) is 51.6 Å². The highest BCUT2D eigenvalue weighted by atomic mass is 35.5. The predicted molar refractivity (Wildman–Crippen MR) is 80.7 cm³/mol. The average Bonchev–Trinajstić information content (AvgIpc) is 2.64. The Hall–Kier alpha value is -0.810. The van der Waals surface area contributed by atoms with Crippen molar-refractivity contribution in [3.05, 3.63) is 0 Å². The van der Waals surface area contributed by atoms with Crippen LogP contribution in [-0.4, -0.2) is 53.8 Å². The number of halogens is 1. The normalized spacial score (nSPS) is 24.1. The summed E-state index contributed by atoms with van der Waals surface area (Å²) in [5, 5.41) is 0. The Kier molecular flexibility index (Phi) is 7.30. The van der Waals surface area contributed by atoms with Gasteiger partial charge in [-0.05, 0) is 32.1 Å². The molecule has 2 amide bonds. The van der Waals surface area contributed by atoms with Crippen molar-refractivity contribution >= 4 is 24.2 Å². The third-order valence-electron chi connectivity index (χ3n) is 4.22. The van der Waals surface area contributed by atoms with E-state index in [1.165, 1.54) is 0 Å². The molecule has 5 nitrogen and oxygen atoms in total. The Balaban J connectivity index is 0.00000200. The van der Waals surface area contributed by atoms with Gasteiger partial charge in [0.2, 0.25) is 11.8 Å². The molecule has 0 aromatic carbocycles. The largest absolute Gasteiger partial charge is 0.337 e. The number of hydrogen-bond donors (Lipinski definition) is 1. The molecule has 0 radical (unpaired) electrons. The first-order chi connectivity index (χ1) is 9.22. The summed E-state index contributed by atoms with van der Waals surface area (Å²) in [6.07, 6.45) is 6.85. The van der Waals surface area contributed by atoms with Crippen LogP contribution in [0, 0.1) is 0 Å². The minimum Gasteiger partial charge on any atom is -0.337 e. The fraction of sp³-hybridized carbons (Fsp3) is 0.857. The van der Waals surface area contributed by atoms with Crippen LogP contribution in [0.5, 0.6) is 0 Å². The van der Waals surface area contributed by atoms with Crippen molar-refractivity contribution in [2.24, 2.45) is 5.73 Å². The molecule has 1 atom stereocenters. The second-order valence-electron chi connectivity index (χ2n) is 5.60. The van der Waals surface area contributed by atoms with Gasteiger partial charge in [0.15, 0.2) is 0 Å². The Morgan fingerprint density at radius 3 is 2.65 bits per heavy atom.